The smallest absolute Gasteiger partial charge is 0.407 e. The summed E-state index contributed by atoms with van der Waals surface area (Å²) in [6.45, 7) is 11.9. The Bertz CT molecular complexity index is 482. The molecule has 0 heterocycles. The van der Waals surface area contributed by atoms with Crippen molar-refractivity contribution < 1.29 is 9.53 Å². The zero-order valence-corrected chi connectivity index (χ0v) is 16.6. The number of rotatable bonds is 10. The summed E-state index contributed by atoms with van der Waals surface area (Å²) in [6.07, 6.45) is 4.01. The second-order valence-corrected chi connectivity index (χ2v) is 8.03. The summed E-state index contributed by atoms with van der Waals surface area (Å²) in [5.41, 5.74) is 0.948. The number of benzene rings is 1. The second kappa shape index (κ2) is 11.1. The lowest BCUT2D eigenvalue weighted by Gasteiger charge is -2.20. The van der Waals surface area contributed by atoms with E-state index in [4.69, 9.17) is 4.74 Å². The van der Waals surface area contributed by atoms with Crippen molar-refractivity contribution in [3.63, 3.8) is 0 Å². The van der Waals surface area contributed by atoms with Gasteiger partial charge in [0.2, 0.25) is 0 Å². The highest BCUT2D eigenvalue weighted by Gasteiger charge is 2.15. The summed E-state index contributed by atoms with van der Waals surface area (Å²) in [5.74, 6) is 0.639. The Hall–Kier alpha value is -1.55. The summed E-state index contributed by atoms with van der Waals surface area (Å²) in [4.78, 5) is 11.5. The molecule has 0 spiro atoms. The minimum Gasteiger partial charge on any atom is -0.444 e. The maximum absolute atomic E-state index is 11.5. The van der Waals surface area contributed by atoms with Gasteiger partial charge in [-0.25, -0.2) is 4.79 Å². The maximum atomic E-state index is 11.5. The van der Waals surface area contributed by atoms with Gasteiger partial charge < -0.3 is 15.4 Å². The Balaban J connectivity index is 2.05. The van der Waals surface area contributed by atoms with Gasteiger partial charge >= 0.3 is 6.09 Å². The largest absolute Gasteiger partial charge is 0.444 e. The summed E-state index contributed by atoms with van der Waals surface area (Å²) in [6, 6.07) is 11.1. The van der Waals surface area contributed by atoms with Gasteiger partial charge in [-0.1, -0.05) is 43.7 Å². The van der Waals surface area contributed by atoms with Crippen LogP contribution in [0.2, 0.25) is 0 Å². The number of carbonyl (C=O) groups is 1. The highest BCUT2D eigenvalue weighted by atomic mass is 16.6. The van der Waals surface area contributed by atoms with Crippen LogP contribution in [0.1, 0.15) is 59.4 Å². The minimum atomic E-state index is -0.430. The first-order chi connectivity index (χ1) is 11.8. The zero-order valence-electron chi connectivity index (χ0n) is 16.6. The van der Waals surface area contributed by atoms with Crippen LogP contribution >= 0.6 is 0 Å². The summed E-state index contributed by atoms with van der Waals surface area (Å²) in [5, 5.41) is 6.44. The molecule has 142 valence electrons. The predicted molar refractivity (Wildman–Crippen MR) is 105 cm³/mol. The third kappa shape index (κ3) is 11.6. The molecule has 0 saturated heterocycles. The van der Waals surface area contributed by atoms with E-state index in [0.717, 1.165) is 25.8 Å². The van der Waals surface area contributed by atoms with Crippen LogP contribution in [0.3, 0.4) is 0 Å². The van der Waals surface area contributed by atoms with Gasteiger partial charge in [0.25, 0.3) is 0 Å². The van der Waals surface area contributed by atoms with Crippen molar-refractivity contribution in [2.24, 2.45) is 5.92 Å². The molecule has 0 saturated carbocycles. The van der Waals surface area contributed by atoms with E-state index < -0.39 is 5.60 Å². The average molecular weight is 349 g/mol. The Labute approximate surface area is 153 Å². The number of unbranched alkanes of at least 4 members (excludes halogenated alkanes) is 1. The Morgan fingerprint density at radius 2 is 1.80 bits per heavy atom. The molecule has 0 aromatic heterocycles. The van der Waals surface area contributed by atoms with Gasteiger partial charge in [0, 0.05) is 12.6 Å². The molecule has 0 bridgehead atoms. The fraction of sp³-hybridized carbons (Fsp3) is 0.667. The number of nitrogens with one attached hydrogen (secondary N) is 2. The number of carbonyl (C=O) groups excluding carboxylic acids is 1. The van der Waals surface area contributed by atoms with E-state index in [0.29, 0.717) is 18.5 Å². The van der Waals surface area contributed by atoms with E-state index in [2.05, 4.69) is 54.8 Å². The van der Waals surface area contributed by atoms with E-state index in [1.807, 2.05) is 20.8 Å². The highest BCUT2D eigenvalue weighted by molar-refractivity contribution is 5.67. The molecule has 0 aliphatic carbocycles. The van der Waals surface area contributed by atoms with Gasteiger partial charge in [0.05, 0.1) is 0 Å². The number of alkyl carbamates (subject to hydrolysis) is 1. The first-order valence-electron chi connectivity index (χ1n) is 9.50. The van der Waals surface area contributed by atoms with Crippen molar-refractivity contribution in [2.45, 2.75) is 71.9 Å². The van der Waals surface area contributed by atoms with Crippen molar-refractivity contribution in [1.29, 1.82) is 0 Å². The van der Waals surface area contributed by atoms with E-state index in [9.17, 15) is 4.79 Å². The van der Waals surface area contributed by atoms with Gasteiger partial charge in [-0.3, -0.25) is 0 Å². The molecule has 4 nitrogen and oxygen atoms in total. The van der Waals surface area contributed by atoms with E-state index in [-0.39, 0.29) is 6.09 Å². The maximum Gasteiger partial charge on any atom is 0.407 e. The first-order valence-corrected chi connectivity index (χ1v) is 9.50. The van der Waals surface area contributed by atoms with Crippen LogP contribution in [0, 0.1) is 5.92 Å². The topological polar surface area (TPSA) is 50.4 Å². The van der Waals surface area contributed by atoms with Gasteiger partial charge in [-0.15, -0.1) is 0 Å². The SMILES string of the molecule is CC(CCCCNC(=O)OC(C)(C)C)CNC(C)Cc1ccccc1. The Morgan fingerprint density at radius 1 is 1.12 bits per heavy atom. The fourth-order valence-electron chi connectivity index (χ4n) is 2.67. The second-order valence-electron chi connectivity index (χ2n) is 8.03. The van der Waals surface area contributed by atoms with Crippen molar-refractivity contribution >= 4 is 6.09 Å². The summed E-state index contributed by atoms with van der Waals surface area (Å²) >= 11 is 0. The molecule has 1 rings (SSSR count). The van der Waals surface area contributed by atoms with Crippen molar-refractivity contribution in [3.8, 4) is 0 Å². The summed E-state index contributed by atoms with van der Waals surface area (Å²) < 4.78 is 5.22. The standard InChI is InChI=1S/C21H36N2O2/c1-17(11-9-10-14-22-20(24)25-21(3,4)5)16-23-18(2)15-19-12-7-6-8-13-19/h6-8,12-13,17-18,23H,9-11,14-16H2,1-5H3,(H,22,24). The van der Waals surface area contributed by atoms with Crippen molar-refractivity contribution in [1.82, 2.24) is 10.6 Å². The number of amides is 1. The lowest BCUT2D eigenvalue weighted by Crippen LogP contribution is -2.33. The minimum absolute atomic E-state index is 0.322. The van der Waals surface area contributed by atoms with Gasteiger partial charge in [0.15, 0.2) is 0 Å². The van der Waals surface area contributed by atoms with Gasteiger partial charge in [-0.05, 0) is 65.0 Å². The average Bonchev–Trinajstić information content (AvgIpc) is 2.52. The number of hydrogen-bond acceptors (Lipinski definition) is 3. The van der Waals surface area contributed by atoms with Crippen molar-refractivity contribution in [3.05, 3.63) is 35.9 Å². The predicted octanol–water partition coefficient (Wildman–Crippen LogP) is 4.54. The zero-order chi connectivity index (χ0) is 18.7. The molecule has 4 heteroatoms. The monoisotopic (exact) mass is 348 g/mol. The van der Waals surface area contributed by atoms with Crippen LogP contribution < -0.4 is 10.6 Å². The van der Waals surface area contributed by atoms with Crippen LogP contribution in [-0.2, 0) is 11.2 Å². The van der Waals surface area contributed by atoms with E-state index in [1.165, 1.54) is 12.0 Å². The molecular formula is C21H36N2O2. The molecule has 1 aromatic carbocycles. The molecule has 2 unspecified atom stereocenters. The van der Waals surface area contributed by atoms with Crippen LogP contribution in [0.4, 0.5) is 4.79 Å². The molecule has 0 fully saturated rings. The normalized spacial score (nSPS) is 14.0. The van der Waals surface area contributed by atoms with Gasteiger partial charge in [-0.2, -0.15) is 0 Å². The molecule has 0 aliphatic heterocycles. The molecule has 1 aromatic rings. The molecule has 2 N–H and O–H groups in total. The van der Waals surface area contributed by atoms with Gasteiger partial charge in [0.1, 0.15) is 5.60 Å². The third-order valence-electron chi connectivity index (χ3n) is 3.99. The molecule has 1 amide bonds. The lowest BCUT2D eigenvalue weighted by molar-refractivity contribution is 0.0527. The molecule has 0 radical (unpaired) electrons. The Morgan fingerprint density at radius 3 is 2.44 bits per heavy atom. The van der Waals surface area contributed by atoms with Crippen LogP contribution in [0.15, 0.2) is 30.3 Å². The Kier molecular flexibility index (Phi) is 9.58. The van der Waals surface area contributed by atoms with E-state index >= 15 is 0 Å². The van der Waals surface area contributed by atoms with Crippen molar-refractivity contribution in [2.75, 3.05) is 13.1 Å². The summed E-state index contributed by atoms with van der Waals surface area (Å²) in [7, 11) is 0. The molecule has 0 aliphatic rings. The molecular weight excluding hydrogens is 312 g/mol. The van der Waals surface area contributed by atoms with Crippen LogP contribution in [0.5, 0.6) is 0 Å². The molecule has 25 heavy (non-hydrogen) atoms. The first kappa shape index (κ1) is 21.5. The number of hydrogen-bond donors (Lipinski definition) is 2. The van der Waals surface area contributed by atoms with Crippen LogP contribution in [-0.4, -0.2) is 30.8 Å². The third-order valence-corrected chi connectivity index (χ3v) is 3.99. The van der Waals surface area contributed by atoms with Crippen LogP contribution in [0.25, 0.3) is 0 Å². The van der Waals surface area contributed by atoms with E-state index in [1.54, 1.807) is 0 Å². The quantitative estimate of drug-likeness (QED) is 0.610. The molecule has 2 atom stereocenters. The highest BCUT2D eigenvalue weighted by Crippen LogP contribution is 2.09. The fourth-order valence-corrected chi connectivity index (χ4v) is 2.67. The lowest BCUT2D eigenvalue weighted by atomic mass is 10.0. The number of ether oxygens (including phenoxy) is 1.